The number of carbonyl (C=O) groups is 2. The van der Waals surface area contributed by atoms with Crippen LogP contribution in [0.4, 0.5) is 0 Å². The lowest BCUT2D eigenvalue weighted by Crippen LogP contribution is -2.48. The molecule has 2 aromatic rings. The first-order valence-corrected chi connectivity index (χ1v) is 9.49. The second-order valence-corrected chi connectivity index (χ2v) is 7.01. The molecule has 0 radical (unpaired) electrons. The summed E-state index contributed by atoms with van der Waals surface area (Å²) in [6.45, 7) is 0. The second kappa shape index (κ2) is 7.79. The summed E-state index contributed by atoms with van der Waals surface area (Å²) in [5, 5.41) is 11.3. The zero-order valence-corrected chi connectivity index (χ0v) is 16.3. The molecule has 4 rings (SSSR count). The minimum Gasteiger partial charge on any atom is -0.497 e. The van der Waals surface area contributed by atoms with Crippen LogP contribution in [0.3, 0.4) is 0 Å². The summed E-state index contributed by atoms with van der Waals surface area (Å²) < 4.78 is 10.5. The van der Waals surface area contributed by atoms with E-state index in [2.05, 4.69) is 11.5 Å². The molecule has 2 aliphatic rings. The van der Waals surface area contributed by atoms with Gasteiger partial charge in [0, 0.05) is 17.7 Å². The molecule has 152 valence electrons. The molecule has 3 N–H and O–H groups in total. The number of nitrogens with two attached hydrogens (primary N) is 1. The molecule has 1 atom stereocenters. The van der Waals surface area contributed by atoms with Gasteiger partial charge in [0.15, 0.2) is 11.5 Å². The lowest BCUT2D eigenvalue weighted by Gasteiger charge is -2.39. The van der Waals surface area contributed by atoms with Gasteiger partial charge in [0.25, 0.3) is 0 Å². The molecular weight excluding hydrogens is 384 g/mol. The normalized spacial score (nSPS) is 18.7. The molecule has 30 heavy (non-hydrogen) atoms. The fraction of sp³-hybridized carbons (Fsp3) is 0.227. The number of rotatable bonds is 4. The lowest BCUT2D eigenvalue weighted by atomic mass is 9.76. The van der Waals surface area contributed by atoms with Crippen LogP contribution in [0.15, 0.2) is 69.7 Å². The number of benzene rings is 1. The predicted octanol–water partition coefficient (Wildman–Crippen LogP) is 2.73. The van der Waals surface area contributed by atoms with E-state index in [0.29, 0.717) is 36.3 Å². The van der Waals surface area contributed by atoms with Gasteiger partial charge in [-0.05, 0) is 42.7 Å². The Bertz CT molecular complexity index is 1110. The molecule has 0 fully saturated rings. The Balaban J connectivity index is 1.84. The van der Waals surface area contributed by atoms with Crippen molar-refractivity contribution in [2.24, 2.45) is 5.73 Å². The Morgan fingerprint density at radius 3 is 2.87 bits per heavy atom. The molecule has 0 spiro atoms. The van der Waals surface area contributed by atoms with Gasteiger partial charge in [-0.3, -0.25) is 15.0 Å². The van der Waals surface area contributed by atoms with Gasteiger partial charge < -0.3 is 14.9 Å². The van der Waals surface area contributed by atoms with Crippen LogP contribution in [0.25, 0.3) is 0 Å². The minimum atomic E-state index is -0.621. The van der Waals surface area contributed by atoms with Gasteiger partial charge in [-0.15, -0.1) is 0 Å². The number of methoxy groups -OCH3 is 1. The van der Waals surface area contributed by atoms with E-state index < -0.39 is 11.8 Å². The second-order valence-electron chi connectivity index (χ2n) is 7.01. The molecule has 1 aromatic carbocycles. The number of furan rings is 1. The van der Waals surface area contributed by atoms with E-state index in [9.17, 15) is 14.9 Å². The Hall–Kier alpha value is -3.99. The predicted molar refractivity (Wildman–Crippen MR) is 106 cm³/mol. The van der Waals surface area contributed by atoms with E-state index in [4.69, 9.17) is 14.9 Å². The first-order chi connectivity index (χ1) is 14.5. The Labute approximate surface area is 173 Å². The van der Waals surface area contributed by atoms with E-state index >= 15 is 0 Å². The summed E-state index contributed by atoms with van der Waals surface area (Å²) in [5.74, 6) is -0.419. The van der Waals surface area contributed by atoms with Gasteiger partial charge in [0.1, 0.15) is 11.6 Å². The highest BCUT2D eigenvalue weighted by molar-refractivity contribution is 6.00. The molecule has 0 bridgehead atoms. The number of amides is 1. The van der Waals surface area contributed by atoms with Gasteiger partial charge >= 0.3 is 5.91 Å². The van der Waals surface area contributed by atoms with Gasteiger partial charge in [0.05, 0.1) is 30.9 Å². The number of ether oxygens (including phenoxy) is 1. The van der Waals surface area contributed by atoms with Crippen molar-refractivity contribution in [3.63, 3.8) is 0 Å². The van der Waals surface area contributed by atoms with Crippen molar-refractivity contribution >= 4 is 11.7 Å². The Kier molecular flexibility index (Phi) is 5.02. The van der Waals surface area contributed by atoms with Crippen LogP contribution in [-0.2, 0) is 4.79 Å². The summed E-state index contributed by atoms with van der Waals surface area (Å²) in [4.78, 5) is 25.5. The zero-order valence-electron chi connectivity index (χ0n) is 16.3. The van der Waals surface area contributed by atoms with Crippen LogP contribution in [-0.4, -0.2) is 23.8 Å². The minimum absolute atomic E-state index is 0.0680. The third kappa shape index (κ3) is 3.20. The number of carbonyl (C=O) groups excluding carboxylic acids is 2. The highest BCUT2D eigenvalue weighted by atomic mass is 16.5. The average Bonchev–Trinajstić information content (AvgIpc) is 3.30. The van der Waals surface area contributed by atoms with Crippen LogP contribution in [0.1, 0.15) is 41.3 Å². The van der Waals surface area contributed by atoms with Crippen molar-refractivity contribution in [1.29, 1.82) is 5.26 Å². The largest absolute Gasteiger partial charge is 0.497 e. The summed E-state index contributed by atoms with van der Waals surface area (Å²) in [7, 11) is 1.55. The van der Waals surface area contributed by atoms with Gasteiger partial charge in [0.2, 0.25) is 0 Å². The molecule has 1 aliphatic heterocycles. The summed E-state index contributed by atoms with van der Waals surface area (Å²) in [6.07, 6.45) is 2.93. The molecule has 1 aliphatic carbocycles. The van der Waals surface area contributed by atoms with Crippen molar-refractivity contribution in [3.05, 3.63) is 76.6 Å². The fourth-order valence-corrected chi connectivity index (χ4v) is 3.93. The Morgan fingerprint density at radius 1 is 1.33 bits per heavy atom. The van der Waals surface area contributed by atoms with Crippen molar-refractivity contribution in [3.8, 4) is 11.8 Å². The quantitative estimate of drug-likeness (QED) is 0.803. The number of nitriles is 1. The molecule has 0 saturated heterocycles. The first-order valence-electron chi connectivity index (χ1n) is 9.49. The van der Waals surface area contributed by atoms with Crippen molar-refractivity contribution in [2.45, 2.75) is 25.2 Å². The number of allylic oxidation sites excluding steroid dienone is 3. The fourth-order valence-electron chi connectivity index (χ4n) is 3.93. The maximum absolute atomic E-state index is 13.0. The lowest BCUT2D eigenvalue weighted by molar-refractivity contribution is -0.116. The number of hydrogen-bond acceptors (Lipinski definition) is 7. The molecule has 1 unspecified atom stereocenters. The van der Waals surface area contributed by atoms with Crippen LogP contribution in [0.2, 0.25) is 0 Å². The van der Waals surface area contributed by atoms with Gasteiger partial charge in [-0.2, -0.15) is 5.26 Å². The van der Waals surface area contributed by atoms with Crippen LogP contribution in [0.5, 0.6) is 5.75 Å². The third-order valence-corrected chi connectivity index (χ3v) is 5.30. The summed E-state index contributed by atoms with van der Waals surface area (Å²) in [5.41, 5.74) is 11.0. The number of hydrazine groups is 1. The first kappa shape index (κ1) is 19.3. The number of hydrogen-bond donors (Lipinski definition) is 2. The molecule has 8 heteroatoms. The monoisotopic (exact) mass is 404 g/mol. The Morgan fingerprint density at radius 2 is 2.17 bits per heavy atom. The molecule has 8 nitrogen and oxygen atoms in total. The van der Waals surface area contributed by atoms with Gasteiger partial charge in [-0.25, -0.2) is 5.01 Å². The smallest absolute Gasteiger partial charge is 0.305 e. The SMILES string of the molecule is COc1cccc(C2C(C#N)=C(N)N(NC(=O)c3ccco3)C3=C2C(=O)CCC3)c1. The maximum Gasteiger partial charge on any atom is 0.305 e. The topological polar surface area (TPSA) is 122 Å². The number of nitrogens with zero attached hydrogens (tertiary/aromatic N) is 2. The number of nitrogens with one attached hydrogen (secondary N) is 1. The van der Waals surface area contributed by atoms with Crippen molar-refractivity contribution in [1.82, 2.24) is 10.4 Å². The van der Waals surface area contributed by atoms with E-state index in [0.717, 1.165) is 5.56 Å². The van der Waals surface area contributed by atoms with Crippen LogP contribution < -0.4 is 15.9 Å². The molecule has 2 heterocycles. The van der Waals surface area contributed by atoms with Crippen molar-refractivity contribution < 1.29 is 18.7 Å². The van der Waals surface area contributed by atoms with E-state index in [1.807, 2.05) is 6.07 Å². The molecule has 1 amide bonds. The van der Waals surface area contributed by atoms with E-state index in [1.54, 1.807) is 31.4 Å². The molecular formula is C22H20N4O4. The number of ketones is 1. The maximum atomic E-state index is 13.0. The number of Topliss-reactive ketones (excluding diaryl/α,β-unsaturated/α-hetero) is 1. The summed E-state index contributed by atoms with van der Waals surface area (Å²) in [6, 6.07) is 12.5. The molecule has 1 aromatic heterocycles. The highest BCUT2D eigenvalue weighted by Crippen LogP contribution is 2.44. The molecule has 0 saturated carbocycles. The van der Waals surface area contributed by atoms with Crippen molar-refractivity contribution in [2.75, 3.05) is 7.11 Å². The third-order valence-electron chi connectivity index (χ3n) is 5.30. The van der Waals surface area contributed by atoms with Crippen LogP contribution in [0, 0.1) is 11.3 Å². The average molecular weight is 404 g/mol. The van der Waals surface area contributed by atoms with E-state index in [1.165, 1.54) is 17.3 Å². The van der Waals surface area contributed by atoms with Gasteiger partial charge in [-0.1, -0.05) is 12.1 Å². The van der Waals surface area contributed by atoms with Crippen LogP contribution >= 0.6 is 0 Å². The van der Waals surface area contributed by atoms with E-state index in [-0.39, 0.29) is 22.9 Å². The zero-order chi connectivity index (χ0) is 21.3. The standard InChI is InChI=1S/C22H20N4O4/c1-29-14-6-2-5-13(11-14)19-15(12-23)21(24)26(16-7-3-8-17(27)20(16)19)25-22(28)18-9-4-10-30-18/h2,4-6,9-11,19H,3,7-8,24H2,1H3,(H,25,28). The highest BCUT2D eigenvalue weighted by Gasteiger charge is 2.40. The summed E-state index contributed by atoms with van der Waals surface area (Å²) >= 11 is 0.